The van der Waals surface area contributed by atoms with E-state index < -0.39 is 0 Å². The molecule has 1 heterocycles. The molecule has 2 aromatic carbocycles. The molecular weight excluding hydrogens is 392 g/mol. The fourth-order valence-corrected chi connectivity index (χ4v) is 2.80. The molecule has 6 nitrogen and oxygen atoms in total. The van der Waals surface area contributed by atoms with Crippen LogP contribution < -0.4 is 19.5 Å². The van der Waals surface area contributed by atoms with Crippen molar-refractivity contribution in [2.75, 3.05) is 26.6 Å². The molecule has 3 aromatic rings. The third kappa shape index (κ3) is 5.87. The van der Waals surface area contributed by atoms with Gasteiger partial charge in [-0.1, -0.05) is 18.1 Å². The third-order valence-corrected chi connectivity index (χ3v) is 4.24. The number of anilines is 1. The highest BCUT2D eigenvalue weighted by molar-refractivity contribution is 6.02. The second-order valence-corrected chi connectivity index (χ2v) is 6.33. The molecule has 0 bridgehead atoms. The molecule has 0 aliphatic rings. The van der Waals surface area contributed by atoms with Gasteiger partial charge in [-0.05, 0) is 60.0 Å². The zero-order chi connectivity index (χ0) is 22.1. The number of methoxy groups -OCH3 is 3. The van der Waals surface area contributed by atoms with Gasteiger partial charge in [0.05, 0.1) is 21.3 Å². The summed E-state index contributed by atoms with van der Waals surface area (Å²) < 4.78 is 16.0. The maximum atomic E-state index is 12.4. The Kier molecular flexibility index (Phi) is 7.28. The molecule has 6 heteroatoms. The van der Waals surface area contributed by atoms with E-state index in [1.54, 1.807) is 50.8 Å². The summed E-state index contributed by atoms with van der Waals surface area (Å²) >= 11 is 0. The minimum absolute atomic E-state index is 0.274. The Morgan fingerprint density at radius 3 is 2.35 bits per heavy atom. The first-order valence-electron chi connectivity index (χ1n) is 9.45. The second-order valence-electron chi connectivity index (χ2n) is 6.33. The largest absolute Gasteiger partial charge is 0.493 e. The van der Waals surface area contributed by atoms with Crippen molar-refractivity contribution in [2.45, 2.75) is 0 Å². The summed E-state index contributed by atoms with van der Waals surface area (Å²) in [5.74, 6) is 7.30. The molecule has 3 rings (SSSR count). The lowest BCUT2D eigenvalue weighted by Crippen LogP contribution is -2.07. The number of benzene rings is 2. The number of pyridine rings is 1. The maximum Gasteiger partial charge on any atom is 0.248 e. The topological polar surface area (TPSA) is 69.7 Å². The van der Waals surface area contributed by atoms with Crippen molar-refractivity contribution < 1.29 is 19.0 Å². The van der Waals surface area contributed by atoms with Crippen molar-refractivity contribution in [1.29, 1.82) is 0 Å². The average Bonchev–Trinajstić information content (AvgIpc) is 2.81. The van der Waals surface area contributed by atoms with Gasteiger partial charge < -0.3 is 19.5 Å². The standard InChI is InChI=1S/C25H22N2O4/c1-29-22-16-19(17-23(30-2)25(22)31-3)11-13-24(28)27-21-9-6-7-18(15-21)10-12-20-8-4-5-14-26-20/h4-9,11,13-17H,1-3H3,(H,27,28)/b13-11+. The van der Waals surface area contributed by atoms with Crippen LogP contribution in [0.3, 0.4) is 0 Å². The molecular formula is C25H22N2O4. The molecule has 0 unspecified atom stereocenters. The number of ether oxygens (including phenoxy) is 3. The number of nitrogens with zero attached hydrogens (tertiary/aromatic N) is 1. The summed E-state index contributed by atoms with van der Waals surface area (Å²) in [6, 6.07) is 16.4. The van der Waals surface area contributed by atoms with E-state index in [4.69, 9.17) is 14.2 Å². The number of carbonyl (C=O) groups excluding carboxylic acids is 1. The van der Waals surface area contributed by atoms with Crippen LogP contribution in [0.5, 0.6) is 17.2 Å². The molecule has 0 fully saturated rings. The number of rotatable bonds is 6. The monoisotopic (exact) mass is 414 g/mol. The normalized spacial score (nSPS) is 10.2. The van der Waals surface area contributed by atoms with E-state index in [2.05, 4.69) is 22.1 Å². The van der Waals surface area contributed by atoms with Gasteiger partial charge in [0.15, 0.2) is 11.5 Å². The summed E-state index contributed by atoms with van der Waals surface area (Å²) in [6.45, 7) is 0. The molecule has 0 aliphatic carbocycles. The van der Waals surface area contributed by atoms with Crippen molar-refractivity contribution in [2.24, 2.45) is 0 Å². The number of nitrogens with one attached hydrogen (secondary N) is 1. The predicted molar refractivity (Wildman–Crippen MR) is 120 cm³/mol. The molecule has 0 radical (unpaired) electrons. The molecule has 0 atom stereocenters. The molecule has 1 N–H and O–H groups in total. The Balaban J connectivity index is 1.71. The van der Waals surface area contributed by atoms with Gasteiger partial charge in [0.2, 0.25) is 11.7 Å². The Labute approximate surface area is 181 Å². The van der Waals surface area contributed by atoms with Crippen LogP contribution in [0.1, 0.15) is 16.8 Å². The van der Waals surface area contributed by atoms with Crippen LogP contribution in [-0.4, -0.2) is 32.2 Å². The number of amides is 1. The number of carbonyl (C=O) groups is 1. The highest BCUT2D eigenvalue weighted by atomic mass is 16.5. The lowest BCUT2D eigenvalue weighted by atomic mass is 10.1. The van der Waals surface area contributed by atoms with Crippen molar-refractivity contribution in [1.82, 2.24) is 4.98 Å². The highest BCUT2D eigenvalue weighted by Crippen LogP contribution is 2.38. The second kappa shape index (κ2) is 10.5. The Morgan fingerprint density at radius 1 is 0.935 bits per heavy atom. The van der Waals surface area contributed by atoms with E-state index in [1.165, 1.54) is 13.2 Å². The minimum Gasteiger partial charge on any atom is -0.493 e. The van der Waals surface area contributed by atoms with Gasteiger partial charge in [-0.2, -0.15) is 0 Å². The fraction of sp³-hybridized carbons (Fsp3) is 0.120. The first-order valence-corrected chi connectivity index (χ1v) is 9.45. The molecule has 0 saturated carbocycles. The summed E-state index contributed by atoms with van der Waals surface area (Å²) in [5.41, 5.74) is 2.84. The van der Waals surface area contributed by atoms with Gasteiger partial charge in [0.25, 0.3) is 0 Å². The summed E-state index contributed by atoms with van der Waals surface area (Å²) in [5, 5.41) is 2.83. The SMILES string of the molecule is COc1cc(/C=C/C(=O)Nc2cccc(C#Cc3ccccn3)c2)cc(OC)c1OC. The minimum atomic E-state index is -0.274. The lowest BCUT2D eigenvalue weighted by Gasteiger charge is -2.12. The lowest BCUT2D eigenvalue weighted by molar-refractivity contribution is -0.111. The van der Waals surface area contributed by atoms with Crippen molar-refractivity contribution in [3.8, 4) is 29.1 Å². The highest BCUT2D eigenvalue weighted by Gasteiger charge is 2.12. The van der Waals surface area contributed by atoms with Crippen molar-refractivity contribution >= 4 is 17.7 Å². The summed E-state index contributed by atoms with van der Waals surface area (Å²) in [6.07, 6.45) is 4.80. The quantitative estimate of drug-likeness (QED) is 0.485. The Bertz CT molecular complexity index is 1120. The third-order valence-electron chi connectivity index (χ3n) is 4.24. The molecule has 0 aliphatic heterocycles. The molecule has 31 heavy (non-hydrogen) atoms. The molecule has 1 aromatic heterocycles. The van der Waals surface area contributed by atoms with Crippen LogP contribution in [0.2, 0.25) is 0 Å². The van der Waals surface area contributed by atoms with E-state index in [-0.39, 0.29) is 5.91 Å². The van der Waals surface area contributed by atoms with E-state index in [0.717, 1.165) is 11.1 Å². The average molecular weight is 414 g/mol. The fourth-order valence-electron chi connectivity index (χ4n) is 2.80. The van der Waals surface area contributed by atoms with Crippen molar-refractivity contribution in [3.05, 3.63) is 83.7 Å². The van der Waals surface area contributed by atoms with Gasteiger partial charge in [0, 0.05) is 23.5 Å². The summed E-state index contributed by atoms with van der Waals surface area (Å²) in [7, 11) is 4.63. The maximum absolute atomic E-state index is 12.4. The zero-order valence-corrected chi connectivity index (χ0v) is 17.5. The van der Waals surface area contributed by atoms with Gasteiger partial charge in [-0.25, -0.2) is 4.98 Å². The van der Waals surface area contributed by atoms with Gasteiger partial charge >= 0.3 is 0 Å². The van der Waals surface area contributed by atoms with Crippen LogP contribution in [-0.2, 0) is 4.79 Å². The molecule has 0 spiro atoms. The van der Waals surface area contributed by atoms with Crippen LogP contribution in [0, 0.1) is 11.8 Å². The van der Waals surface area contributed by atoms with Crippen LogP contribution in [0.15, 0.2) is 66.9 Å². The van der Waals surface area contributed by atoms with Crippen LogP contribution in [0.25, 0.3) is 6.08 Å². The van der Waals surface area contributed by atoms with Crippen LogP contribution >= 0.6 is 0 Å². The molecule has 0 saturated heterocycles. The number of hydrogen-bond donors (Lipinski definition) is 1. The van der Waals surface area contributed by atoms with E-state index >= 15 is 0 Å². The summed E-state index contributed by atoms with van der Waals surface area (Å²) in [4.78, 5) is 16.6. The smallest absolute Gasteiger partial charge is 0.248 e. The molecule has 156 valence electrons. The predicted octanol–water partition coefficient (Wildman–Crippen LogP) is 4.16. The van der Waals surface area contributed by atoms with E-state index in [1.807, 2.05) is 30.3 Å². The Morgan fingerprint density at radius 2 is 1.71 bits per heavy atom. The first kappa shape index (κ1) is 21.5. The van der Waals surface area contributed by atoms with E-state index in [9.17, 15) is 4.79 Å². The van der Waals surface area contributed by atoms with Gasteiger partial charge in [-0.3, -0.25) is 4.79 Å². The van der Waals surface area contributed by atoms with Crippen LogP contribution in [0.4, 0.5) is 5.69 Å². The van der Waals surface area contributed by atoms with Crippen molar-refractivity contribution in [3.63, 3.8) is 0 Å². The molecule has 1 amide bonds. The Hall–Kier alpha value is -4.24. The number of aromatic nitrogens is 1. The first-order chi connectivity index (χ1) is 15.1. The number of hydrogen-bond acceptors (Lipinski definition) is 5. The van der Waals surface area contributed by atoms with Gasteiger partial charge in [-0.15, -0.1) is 0 Å². The van der Waals surface area contributed by atoms with E-state index in [0.29, 0.717) is 28.6 Å². The zero-order valence-electron chi connectivity index (χ0n) is 17.5. The van der Waals surface area contributed by atoms with Gasteiger partial charge in [0.1, 0.15) is 5.69 Å².